The van der Waals surface area contributed by atoms with Crippen molar-refractivity contribution < 1.29 is 9.59 Å². The van der Waals surface area contributed by atoms with Crippen molar-refractivity contribution in [1.29, 1.82) is 0 Å². The predicted octanol–water partition coefficient (Wildman–Crippen LogP) is 3.84. The Balaban J connectivity index is 1.33. The highest BCUT2D eigenvalue weighted by atomic mass is 32.2. The number of para-hydroxylation sites is 1. The first-order chi connectivity index (χ1) is 13.2. The molecule has 5 heteroatoms. The van der Waals surface area contributed by atoms with Gasteiger partial charge in [-0.2, -0.15) is 0 Å². The van der Waals surface area contributed by atoms with Gasteiger partial charge in [0, 0.05) is 18.8 Å². The lowest BCUT2D eigenvalue weighted by Gasteiger charge is -2.32. The second-order valence-electron chi connectivity index (χ2n) is 6.92. The molecule has 1 saturated heterocycles. The summed E-state index contributed by atoms with van der Waals surface area (Å²) in [4.78, 5) is 26.3. The summed E-state index contributed by atoms with van der Waals surface area (Å²) < 4.78 is 0. The molecule has 1 heterocycles. The molecule has 0 spiro atoms. The van der Waals surface area contributed by atoms with Crippen molar-refractivity contribution in [2.45, 2.75) is 19.3 Å². The molecular weight excluding hydrogens is 356 g/mol. The van der Waals surface area contributed by atoms with Gasteiger partial charge in [-0.25, -0.2) is 0 Å². The fourth-order valence-electron chi connectivity index (χ4n) is 3.37. The zero-order chi connectivity index (χ0) is 18.9. The van der Waals surface area contributed by atoms with Crippen LogP contribution >= 0.6 is 11.8 Å². The largest absolute Gasteiger partial charge is 0.342 e. The van der Waals surface area contributed by atoms with Crippen molar-refractivity contribution in [2.24, 2.45) is 5.92 Å². The van der Waals surface area contributed by atoms with Crippen molar-refractivity contribution in [1.82, 2.24) is 4.90 Å². The van der Waals surface area contributed by atoms with Crippen LogP contribution < -0.4 is 5.32 Å². The van der Waals surface area contributed by atoms with E-state index in [1.807, 2.05) is 41.3 Å². The monoisotopic (exact) mass is 382 g/mol. The lowest BCUT2D eigenvalue weighted by atomic mass is 9.90. The van der Waals surface area contributed by atoms with E-state index < -0.39 is 0 Å². The van der Waals surface area contributed by atoms with Crippen LogP contribution in [-0.2, 0) is 16.0 Å². The molecule has 4 nitrogen and oxygen atoms in total. The normalized spacial score (nSPS) is 14.7. The van der Waals surface area contributed by atoms with E-state index in [-0.39, 0.29) is 11.8 Å². The van der Waals surface area contributed by atoms with Gasteiger partial charge < -0.3 is 10.2 Å². The number of hydrogen-bond donors (Lipinski definition) is 1. The Hall–Kier alpha value is -2.27. The number of nitrogens with zero attached hydrogens (tertiary/aromatic N) is 1. The molecule has 2 amide bonds. The minimum absolute atomic E-state index is 0.0689. The van der Waals surface area contributed by atoms with Crippen LogP contribution in [-0.4, -0.2) is 41.3 Å². The summed E-state index contributed by atoms with van der Waals surface area (Å²) in [6.07, 6.45) is 3.21. The first kappa shape index (κ1) is 19.5. The second-order valence-corrected chi connectivity index (χ2v) is 7.91. The van der Waals surface area contributed by atoms with Crippen LogP contribution in [0.5, 0.6) is 0 Å². The molecule has 142 valence electrons. The van der Waals surface area contributed by atoms with Gasteiger partial charge in [0.25, 0.3) is 0 Å². The molecule has 1 aliphatic rings. The lowest BCUT2D eigenvalue weighted by Crippen LogP contribution is -2.40. The highest BCUT2D eigenvalue weighted by molar-refractivity contribution is 8.00. The maximum Gasteiger partial charge on any atom is 0.234 e. The van der Waals surface area contributed by atoms with Crippen molar-refractivity contribution in [3.63, 3.8) is 0 Å². The van der Waals surface area contributed by atoms with Gasteiger partial charge in [0.05, 0.1) is 11.5 Å². The van der Waals surface area contributed by atoms with E-state index in [0.717, 1.165) is 38.0 Å². The predicted molar refractivity (Wildman–Crippen MR) is 112 cm³/mol. The minimum Gasteiger partial charge on any atom is -0.342 e. The number of hydrogen-bond acceptors (Lipinski definition) is 3. The molecule has 27 heavy (non-hydrogen) atoms. The quantitative estimate of drug-likeness (QED) is 0.792. The lowest BCUT2D eigenvalue weighted by molar-refractivity contribution is -0.129. The Morgan fingerprint density at radius 1 is 0.926 bits per heavy atom. The summed E-state index contributed by atoms with van der Waals surface area (Å²) in [5.74, 6) is 1.39. The summed E-state index contributed by atoms with van der Waals surface area (Å²) in [6.45, 7) is 1.65. The Morgan fingerprint density at radius 3 is 2.22 bits per heavy atom. The SMILES string of the molecule is O=C(CSCC(=O)N1CCC(Cc2ccccc2)CC1)Nc1ccccc1. The number of rotatable bonds is 7. The number of carbonyl (C=O) groups is 2. The van der Waals surface area contributed by atoms with Crippen LogP contribution in [0.1, 0.15) is 18.4 Å². The molecular formula is C22H26N2O2S. The summed E-state index contributed by atoms with van der Waals surface area (Å²) in [5.41, 5.74) is 2.16. The summed E-state index contributed by atoms with van der Waals surface area (Å²) in [6, 6.07) is 19.9. The van der Waals surface area contributed by atoms with E-state index in [9.17, 15) is 9.59 Å². The van der Waals surface area contributed by atoms with Crippen molar-refractivity contribution in [3.8, 4) is 0 Å². The number of nitrogens with one attached hydrogen (secondary N) is 1. The fourth-order valence-corrected chi connectivity index (χ4v) is 4.09. The standard InChI is InChI=1S/C22H26N2O2S/c25-21(23-20-9-5-2-6-10-20)16-27-17-22(26)24-13-11-19(12-14-24)15-18-7-3-1-4-8-18/h1-10,19H,11-17H2,(H,23,25). The zero-order valence-corrected chi connectivity index (χ0v) is 16.3. The first-order valence-electron chi connectivity index (χ1n) is 9.45. The molecule has 0 atom stereocenters. The third-order valence-electron chi connectivity index (χ3n) is 4.85. The average Bonchev–Trinajstić information content (AvgIpc) is 2.70. The van der Waals surface area contributed by atoms with Gasteiger partial charge in [0.1, 0.15) is 0 Å². The number of carbonyl (C=O) groups excluding carboxylic acids is 2. The van der Waals surface area contributed by atoms with Crippen LogP contribution in [0, 0.1) is 5.92 Å². The van der Waals surface area contributed by atoms with E-state index in [0.29, 0.717) is 17.4 Å². The number of piperidine rings is 1. The number of likely N-dealkylation sites (tertiary alicyclic amines) is 1. The van der Waals surface area contributed by atoms with E-state index in [4.69, 9.17) is 0 Å². The third kappa shape index (κ3) is 6.43. The molecule has 1 aliphatic heterocycles. The molecule has 3 rings (SSSR count). The van der Waals surface area contributed by atoms with Crippen LogP contribution in [0.3, 0.4) is 0 Å². The van der Waals surface area contributed by atoms with E-state index >= 15 is 0 Å². The van der Waals surface area contributed by atoms with Crippen LogP contribution in [0.2, 0.25) is 0 Å². The Labute approximate surface area is 165 Å². The minimum atomic E-state index is -0.0689. The number of benzene rings is 2. The summed E-state index contributed by atoms with van der Waals surface area (Å²) >= 11 is 1.38. The highest BCUT2D eigenvalue weighted by Gasteiger charge is 2.22. The van der Waals surface area contributed by atoms with Gasteiger partial charge in [0.15, 0.2) is 0 Å². The summed E-state index contributed by atoms with van der Waals surface area (Å²) in [5, 5.41) is 2.84. The molecule has 2 aromatic carbocycles. The number of thioether (sulfide) groups is 1. The molecule has 0 aromatic heterocycles. The Kier molecular flexibility index (Phi) is 7.34. The first-order valence-corrected chi connectivity index (χ1v) is 10.6. The zero-order valence-electron chi connectivity index (χ0n) is 15.5. The van der Waals surface area contributed by atoms with Crippen molar-refractivity contribution >= 4 is 29.3 Å². The molecule has 0 saturated carbocycles. The van der Waals surface area contributed by atoms with Gasteiger partial charge in [-0.1, -0.05) is 48.5 Å². The van der Waals surface area contributed by atoms with E-state index in [1.54, 1.807) is 0 Å². The van der Waals surface area contributed by atoms with E-state index in [1.165, 1.54) is 17.3 Å². The van der Waals surface area contributed by atoms with Crippen LogP contribution in [0.15, 0.2) is 60.7 Å². The van der Waals surface area contributed by atoms with Crippen molar-refractivity contribution in [2.75, 3.05) is 29.9 Å². The molecule has 0 aliphatic carbocycles. The van der Waals surface area contributed by atoms with E-state index in [2.05, 4.69) is 29.6 Å². The van der Waals surface area contributed by atoms with Crippen LogP contribution in [0.4, 0.5) is 5.69 Å². The van der Waals surface area contributed by atoms with Gasteiger partial charge in [-0.3, -0.25) is 9.59 Å². The maximum absolute atomic E-state index is 12.4. The molecule has 1 fully saturated rings. The second kappa shape index (κ2) is 10.2. The highest BCUT2D eigenvalue weighted by Crippen LogP contribution is 2.22. The maximum atomic E-state index is 12.4. The fraction of sp³-hybridized carbons (Fsp3) is 0.364. The topological polar surface area (TPSA) is 49.4 Å². The number of amides is 2. The average molecular weight is 383 g/mol. The summed E-state index contributed by atoms with van der Waals surface area (Å²) in [7, 11) is 0. The Morgan fingerprint density at radius 2 is 1.56 bits per heavy atom. The smallest absolute Gasteiger partial charge is 0.234 e. The Bertz CT molecular complexity index is 728. The molecule has 0 unspecified atom stereocenters. The molecule has 0 bridgehead atoms. The van der Waals surface area contributed by atoms with Crippen molar-refractivity contribution in [3.05, 3.63) is 66.2 Å². The van der Waals surface area contributed by atoms with Gasteiger partial charge in [0.2, 0.25) is 11.8 Å². The van der Waals surface area contributed by atoms with Gasteiger partial charge >= 0.3 is 0 Å². The molecule has 2 aromatic rings. The van der Waals surface area contributed by atoms with Gasteiger partial charge in [-0.05, 0) is 42.9 Å². The van der Waals surface area contributed by atoms with Crippen LogP contribution in [0.25, 0.3) is 0 Å². The third-order valence-corrected chi connectivity index (χ3v) is 5.77. The molecule has 0 radical (unpaired) electrons. The number of anilines is 1. The van der Waals surface area contributed by atoms with Gasteiger partial charge in [-0.15, -0.1) is 11.8 Å². The molecule has 1 N–H and O–H groups in total.